The van der Waals surface area contributed by atoms with Gasteiger partial charge >= 0.3 is 6.03 Å². The summed E-state index contributed by atoms with van der Waals surface area (Å²) in [5.74, 6) is 1.18. The highest BCUT2D eigenvalue weighted by Crippen LogP contribution is 2.50. The summed E-state index contributed by atoms with van der Waals surface area (Å²) in [7, 11) is 0.106. The van der Waals surface area contributed by atoms with E-state index >= 15 is 0 Å². The molecule has 3 aromatic rings. The number of carbonyl (C=O) groups is 1. The van der Waals surface area contributed by atoms with Crippen molar-refractivity contribution >= 4 is 32.6 Å². The SMILES string of the molecule is CCS(=O)(=O)N1CC2(CN(C(=O)Nc3c(C)noc3C)[C@@H](CO)c3c2c2ccc(OC)cc2n3C)C1. The highest BCUT2D eigenvalue weighted by molar-refractivity contribution is 7.89. The van der Waals surface area contributed by atoms with Crippen LogP contribution in [0.15, 0.2) is 22.7 Å². The average Bonchev–Trinajstić information content (AvgIpc) is 3.32. The Morgan fingerprint density at radius 1 is 1.31 bits per heavy atom. The number of hydrogen-bond donors (Lipinski definition) is 2. The fraction of sp³-hybridized carbons (Fsp3) is 0.500. The third-order valence-electron chi connectivity index (χ3n) is 7.56. The van der Waals surface area contributed by atoms with E-state index in [1.54, 1.807) is 32.8 Å². The van der Waals surface area contributed by atoms with Gasteiger partial charge in [0.25, 0.3) is 0 Å². The van der Waals surface area contributed by atoms with Gasteiger partial charge in [0.15, 0.2) is 5.76 Å². The molecule has 1 saturated heterocycles. The second-order valence-corrected chi connectivity index (χ2v) is 11.9. The summed E-state index contributed by atoms with van der Waals surface area (Å²) in [4.78, 5) is 15.2. The number of rotatable bonds is 5. The number of methoxy groups -OCH3 is 1. The minimum Gasteiger partial charge on any atom is -0.497 e. The van der Waals surface area contributed by atoms with Gasteiger partial charge < -0.3 is 29.2 Å². The van der Waals surface area contributed by atoms with Gasteiger partial charge in [-0.15, -0.1) is 0 Å². The van der Waals surface area contributed by atoms with Crippen LogP contribution in [0.4, 0.5) is 10.5 Å². The Bertz CT molecular complexity index is 1430. The molecule has 2 N–H and O–H groups in total. The van der Waals surface area contributed by atoms with Crippen LogP contribution in [0.25, 0.3) is 10.9 Å². The number of ether oxygens (including phenoxy) is 1. The van der Waals surface area contributed by atoms with E-state index < -0.39 is 27.5 Å². The summed E-state index contributed by atoms with van der Waals surface area (Å²) in [6, 6.07) is 4.72. The van der Waals surface area contributed by atoms with Gasteiger partial charge in [-0.2, -0.15) is 4.31 Å². The predicted molar refractivity (Wildman–Crippen MR) is 134 cm³/mol. The van der Waals surface area contributed by atoms with E-state index in [2.05, 4.69) is 10.5 Å². The zero-order chi connectivity index (χ0) is 26.0. The fourth-order valence-corrected chi connectivity index (χ4v) is 6.93. The van der Waals surface area contributed by atoms with Crippen LogP contribution in [0, 0.1) is 13.8 Å². The molecule has 2 aliphatic rings. The molecule has 1 aromatic carbocycles. The topological polar surface area (TPSA) is 130 Å². The number of amides is 2. The van der Waals surface area contributed by atoms with Gasteiger partial charge in [0, 0.05) is 49.2 Å². The fourth-order valence-electron chi connectivity index (χ4n) is 5.68. The van der Waals surface area contributed by atoms with Gasteiger partial charge in [0.05, 0.1) is 31.0 Å². The molecule has 2 amide bonds. The predicted octanol–water partition coefficient (Wildman–Crippen LogP) is 2.28. The number of aryl methyl sites for hydroxylation is 3. The Morgan fingerprint density at radius 3 is 2.61 bits per heavy atom. The molecule has 0 radical (unpaired) electrons. The summed E-state index contributed by atoms with van der Waals surface area (Å²) < 4.78 is 39.4. The number of aliphatic hydroxyl groups excluding tert-OH is 1. The lowest BCUT2D eigenvalue weighted by Gasteiger charge is -2.55. The second kappa shape index (κ2) is 8.49. The highest BCUT2D eigenvalue weighted by Gasteiger charge is 2.56. The van der Waals surface area contributed by atoms with Crippen molar-refractivity contribution in [1.29, 1.82) is 0 Å². The lowest BCUT2D eigenvalue weighted by Crippen LogP contribution is -2.68. The van der Waals surface area contributed by atoms with E-state index in [1.807, 2.05) is 29.8 Å². The summed E-state index contributed by atoms with van der Waals surface area (Å²) in [5.41, 5.74) is 3.08. The van der Waals surface area contributed by atoms with E-state index in [-0.39, 0.29) is 32.0 Å². The molecule has 2 aliphatic heterocycles. The number of urea groups is 1. The van der Waals surface area contributed by atoms with Gasteiger partial charge in [-0.25, -0.2) is 13.2 Å². The van der Waals surface area contributed by atoms with Crippen LogP contribution in [0.5, 0.6) is 5.75 Å². The minimum absolute atomic E-state index is 0.0121. The van der Waals surface area contributed by atoms with E-state index in [1.165, 1.54) is 4.31 Å². The minimum atomic E-state index is -3.39. The monoisotopic (exact) mass is 517 g/mol. The van der Waals surface area contributed by atoms with Crippen molar-refractivity contribution in [2.24, 2.45) is 7.05 Å². The average molecular weight is 518 g/mol. The summed E-state index contributed by atoms with van der Waals surface area (Å²) >= 11 is 0. The smallest absolute Gasteiger partial charge is 0.322 e. The van der Waals surface area contributed by atoms with Crippen LogP contribution in [-0.4, -0.2) is 77.6 Å². The number of aliphatic hydroxyl groups is 1. The van der Waals surface area contributed by atoms with Crippen molar-refractivity contribution in [3.05, 3.63) is 40.9 Å². The van der Waals surface area contributed by atoms with Crippen LogP contribution in [-0.2, 0) is 22.5 Å². The summed E-state index contributed by atoms with van der Waals surface area (Å²) in [6.07, 6.45) is 0. The number of fused-ring (bicyclic) bond motifs is 4. The molecule has 2 aromatic heterocycles. The third-order valence-corrected chi connectivity index (χ3v) is 9.34. The van der Waals surface area contributed by atoms with Crippen molar-refractivity contribution in [1.82, 2.24) is 18.9 Å². The van der Waals surface area contributed by atoms with Crippen molar-refractivity contribution in [3.63, 3.8) is 0 Å². The number of aromatic nitrogens is 2. The number of benzene rings is 1. The Kier molecular flexibility index (Phi) is 5.80. The molecule has 194 valence electrons. The van der Waals surface area contributed by atoms with Crippen LogP contribution >= 0.6 is 0 Å². The van der Waals surface area contributed by atoms with E-state index in [0.29, 0.717) is 22.9 Å². The standard InChI is InChI=1S/C24H31N5O6S/c1-6-36(32,33)28-11-24(12-28)13-29(23(31)25-21-14(2)26-35-15(21)3)19(10-30)22-20(24)17-8-7-16(34-5)9-18(17)27(22)4/h7-9,19,30H,6,10-13H2,1-5H3,(H,25,31)/t19-/m0/s1. The normalized spacial score (nSPS) is 19.4. The molecule has 0 saturated carbocycles. The molecule has 0 aliphatic carbocycles. The molecule has 5 rings (SSSR count). The maximum absolute atomic E-state index is 13.6. The molecule has 4 heterocycles. The van der Waals surface area contributed by atoms with Crippen LogP contribution in [0.3, 0.4) is 0 Å². The molecular weight excluding hydrogens is 486 g/mol. The maximum Gasteiger partial charge on any atom is 0.322 e. The highest BCUT2D eigenvalue weighted by atomic mass is 32.2. The molecule has 12 heteroatoms. The molecule has 0 bridgehead atoms. The zero-order valence-corrected chi connectivity index (χ0v) is 21.8. The molecule has 0 unspecified atom stereocenters. The van der Waals surface area contributed by atoms with Crippen molar-refractivity contribution in [2.45, 2.75) is 32.2 Å². The second-order valence-electron chi connectivity index (χ2n) is 9.61. The first kappa shape index (κ1) is 24.6. The maximum atomic E-state index is 13.6. The molecular formula is C24H31N5O6S. The molecule has 11 nitrogen and oxygen atoms in total. The Labute approximate surface area is 209 Å². The molecule has 36 heavy (non-hydrogen) atoms. The number of hydrogen-bond acceptors (Lipinski definition) is 7. The van der Waals surface area contributed by atoms with E-state index in [4.69, 9.17) is 9.26 Å². The first-order chi connectivity index (χ1) is 17.1. The summed E-state index contributed by atoms with van der Waals surface area (Å²) in [6.45, 7) is 5.55. The first-order valence-electron chi connectivity index (χ1n) is 11.8. The largest absolute Gasteiger partial charge is 0.497 e. The van der Waals surface area contributed by atoms with Gasteiger partial charge in [-0.3, -0.25) is 0 Å². The zero-order valence-electron chi connectivity index (χ0n) is 21.0. The molecule has 1 fully saturated rings. The first-order valence-corrected chi connectivity index (χ1v) is 13.4. The Hall–Kier alpha value is -3.09. The number of anilines is 1. The van der Waals surface area contributed by atoms with Crippen LogP contribution < -0.4 is 10.1 Å². The van der Waals surface area contributed by atoms with Gasteiger partial charge in [-0.05, 0) is 38.5 Å². The van der Waals surface area contributed by atoms with Crippen molar-refractivity contribution < 1.29 is 27.6 Å². The molecule has 1 spiro atoms. The van der Waals surface area contributed by atoms with Crippen LogP contribution in [0.1, 0.15) is 35.7 Å². The lowest BCUT2D eigenvalue weighted by atomic mass is 9.70. The lowest BCUT2D eigenvalue weighted by molar-refractivity contribution is 0.0536. The van der Waals surface area contributed by atoms with Crippen molar-refractivity contribution in [3.8, 4) is 5.75 Å². The Balaban J connectivity index is 1.65. The van der Waals surface area contributed by atoms with Crippen LogP contribution in [0.2, 0.25) is 0 Å². The van der Waals surface area contributed by atoms with Crippen molar-refractivity contribution in [2.75, 3.05) is 44.4 Å². The Morgan fingerprint density at radius 2 is 2.03 bits per heavy atom. The quantitative estimate of drug-likeness (QED) is 0.531. The van der Waals surface area contributed by atoms with E-state index in [0.717, 1.165) is 22.2 Å². The number of nitrogens with zero attached hydrogens (tertiary/aromatic N) is 4. The van der Waals surface area contributed by atoms with Gasteiger partial charge in [-0.1, -0.05) is 5.16 Å². The number of nitrogens with one attached hydrogen (secondary N) is 1. The molecule has 1 atom stereocenters. The van der Waals surface area contributed by atoms with E-state index in [9.17, 15) is 18.3 Å². The van der Waals surface area contributed by atoms with Gasteiger partial charge in [0.1, 0.15) is 17.1 Å². The number of sulfonamides is 1. The summed E-state index contributed by atoms with van der Waals surface area (Å²) in [5, 5.41) is 18.3. The van der Waals surface area contributed by atoms with Gasteiger partial charge in [0.2, 0.25) is 10.0 Å². The third kappa shape index (κ3) is 3.50. The number of carbonyl (C=O) groups excluding carboxylic acids is 1.